The fraction of sp³-hybridized carbons (Fsp3) is 0.467. The Morgan fingerprint density at radius 2 is 2.17 bits per heavy atom. The van der Waals surface area contributed by atoms with Gasteiger partial charge < -0.3 is 14.5 Å². The molecule has 0 radical (unpaired) electrons. The van der Waals surface area contributed by atoms with Crippen LogP contribution >= 0.6 is 0 Å². The van der Waals surface area contributed by atoms with Crippen molar-refractivity contribution in [1.82, 2.24) is 5.32 Å². The average molecular weight is 245 g/mol. The van der Waals surface area contributed by atoms with Gasteiger partial charge in [0.05, 0.1) is 13.7 Å². The maximum Gasteiger partial charge on any atom is 0.176 e. The van der Waals surface area contributed by atoms with Gasteiger partial charge in [0.15, 0.2) is 11.3 Å². The van der Waals surface area contributed by atoms with Gasteiger partial charge in [0, 0.05) is 11.4 Å². The molecule has 0 amide bonds. The number of ether oxygens (including phenoxy) is 1. The van der Waals surface area contributed by atoms with E-state index in [0.717, 1.165) is 29.0 Å². The van der Waals surface area contributed by atoms with Crippen molar-refractivity contribution >= 4 is 11.0 Å². The van der Waals surface area contributed by atoms with E-state index in [2.05, 4.69) is 17.4 Å². The Balaban J connectivity index is 1.76. The van der Waals surface area contributed by atoms with E-state index < -0.39 is 0 Å². The molecule has 18 heavy (non-hydrogen) atoms. The summed E-state index contributed by atoms with van der Waals surface area (Å²) in [5, 5.41) is 4.67. The second-order valence-electron chi connectivity index (χ2n) is 4.95. The van der Waals surface area contributed by atoms with E-state index in [0.29, 0.717) is 6.04 Å². The van der Waals surface area contributed by atoms with Gasteiger partial charge in [0.25, 0.3) is 0 Å². The lowest BCUT2D eigenvalue weighted by atomic mass is 10.2. The summed E-state index contributed by atoms with van der Waals surface area (Å²) in [6.45, 7) is 0.808. The molecule has 0 atom stereocenters. The lowest BCUT2D eigenvalue weighted by molar-refractivity contribution is 0.403. The smallest absolute Gasteiger partial charge is 0.176 e. The number of nitrogens with one attached hydrogen (secondary N) is 1. The molecule has 1 aliphatic carbocycles. The molecule has 0 unspecified atom stereocenters. The first-order valence-electron chi connectivity index (χ1n) is 6.65. The van der Waals surface area contributed by atoms with Crippen LogP contribution in [-0.2, 0) is 6.54 Å². The van der Waals surface area contributed by atoms with Crippen LogP contribution in [0.5, 0.6) is 5.75 Å². The summed E-state index contributed by atoms with van der Waals surface area (Å²) in [6.07, 6.45) is 5.30. The molecule has 1 saturated carbocycles. The van der Waals surface area contributed by atoms with Crippen LogP contribution in [0.4, 0.5) is 0 Å². The Bertz CT molecular complexity index is 526. The molecular weight excluding hydrogens is 226 g/mol. The van der Waals surface area contributed by atoms with Crippen molar-refractivity contribution in [2.45, 2.75) is 38.3 Å². The molecule has 0 saturated heterocycles. The fourth-order valence-electron chi connectivity index (χ4n) is 2.71. The van der Waals surface area contributed by atoms with Crippen molar-refractivity contribution in [2.24, 2.45) is 0 Å². The van der Waals surface area contributed by atoms with Gasteiger partial charge in [-0.1, -0.05) is 25.0 Å². The number of methoxy groups -OCH3 is 1. The molecule has 3 heteroatoms. The van der Waals surface area contributed by atoms with Crippen LogP contribution in [0, 0.1) is 0 Å². The van der Waals surface area contributed by atoms with Crippen molar-refractivity contribution in [1.29, 1.82) is 0 Å². The highest BCUT2D eigenvalue weighted by Gasteiger charge is 2.15. The molecule has 0 bridgehead atoms. The van der Waals surface area contributed by atoms with E-state index in [1.54, 1.807) is 7.11 Å². The zero-order valence-corrected chi connectivity index (χ0v) is 10.7. The van der Waals surface area contributed by atoms with Gasteiger partial charge in [0.2, 0.25) is 0 Å². The largest absolute Gasteiger partial charge is 0.493 e. The Morgan fingerprint density at radius 3 is 2.94 bits per heavy atom. The standard InChI is InChI=1S/C15H19NO2/c1-17-14-8-4-5-11-9-13(18-15(11)14)10-16-12-6-2-3-7-12/h4-5,8-9,12,16H,2-3,6-7,10H2,1H3. The van der Waals surface area contributed by atoms with E-state index >= 15 is 0 Å². The topological polar surface area (TPSA) is 34.4 Å². The molecule has 1 aliphatic rings. The van der Waals surface area contributed by atoms with Crippen LogP contribution in [-0.4, -0.2) is 13.2 Å². The molecule has 1 N–H and O–H groups in total. The van der Waals surface area contributed by atoms with Crippen LogP contribution in [0.25, 0.3) is 11.0 Å². The zero-order valence-electron chi connectivity index (χ0n) is 10.7. The summed E-state index contributed by atoms with van der Waals surface area (Å²) < 4.78 is 11.2. The SMILES string of the molecule is COc1cccc2cc(CNC3CCCC3)oc12. The Kier molecular flexibility index (Phi) is 3.24. The molecule has 2 aromatic rings. The van der Waals surface area contributed by atoms with E-state index in [4.69, 9.17) is 9.15 Å². The number of para-hydroxylation sites is 1. The summed E-state index contributed by atoms with van der Waals surface area (Å²) in [7, 11) is 1.67. The number of rotatable bonds is 4. The first-order valence-corrected chi connectivity index (χ1v) is 6.65. The first kappa shape index (κ1) is 11.6. The zero-order chi connectivity index (χ0) is 12.4. The van der Waals surface area contributed by atoms with Gasteiger partial charge in [-0.15, -0.1) is 0 Å². The van der Waals surface area contributed by atoms with Crippen LogP contribution < -0.4 is 10.1 Å². The maximum absolute atomic E-state index is 5.86. The Labute approximate surface area is 107 Å². The van der Waals surface area contributed by atoms with E-state index in [9.17, 15) is 0 Å². The summed E-state index contributed by atoms with van der Waals surface area (Å²) in [5.74, 6) is 1.79. The van der Waals surface area contributed by atoms with Crippen LogP contribution in [0.2, 0.25) is 0 Å². The van der Waals surface area contributed by atoms with Crippen molar-refractivity contribution in [3.63, 3.8) is 0 Å². The van der Waals surface area contributed by atoms with Crippen molar-refractivity contribution in [3.05, 3.63) is 30.0 Å². The van der Waals surface area contributed by atoms with Crippen LogP contribution in [0.15, 0.2) is 28.7 Å². The molecule has 1 fully saturated rings. The number of furan rings is 1. The molecule has 96 valence electrons. The van der Waals surface area contributed by atoms with Crippen molar-refractivity contribution in [2.75, 3.05) is 7.11 Å². The summed E-state index contributed by atoms with van der Waals surface area (Å²) in [6, 6.07) is 8.74. The number of benzene rings is 1. The molecule has 1 aromatic heterocycles. The molecule has 1 aromatic carbocycles. The number of hydrogen-bond donors (Lipinski definition) is 1. The van der Waals surface area contributed by atoms with Gasteiger partial charge in [-0.3, -0.25) is 0 Å². The summed E-state index contributed by atoms with van der Waals surface area (Å²) in [4.78, 5) is 0. The average Bonchev–Trinajstić information content (AvgIpc) is 3.04. The lowest BCUT2D eigenvalue weighted by Crippen LogP contribution is -2.24. The minimum absolute atomic E-state index is 0.667. The predicted octanol–water partition coefficient (Wildman–Crippen LogP) is 3.47. The summed E-state index contributed by atoms with van der Waals surface area (Å²) in [5.41, 5.74) is 0.850. The van der Waals surface area contributed by atoms with Crippen molar-refractivity contribution in [3.8, 4) is 5.75 Å². The molecule has 1 heterocycles. The fourth-order valence-corrected chi connectivity index (χ4v) is 2.71. The first-order chi connectivity index (χ1) is 8.86. The van der Waals surface area contributed by atoms with Gasteiger partial charge in [0.1, 0.15) is 5.76 Å². The van der Waals surface area contributed by atoms with Gasteiger partial charge in [-0.25, -0.2) is 0 Å². The molecule has 0 aliphatic heterocycles. The van der Waals surface area contributed by atoms with Crippen LogP contribution in [0.3, 0.4) is 0 Å². The van der Waals surface area contributed by atoms with E-state index in [1.807, 2.05) is 12.1 Å². The Morgan fingerprint density at radius 1 is 1.33 bits per heavy atom. The highest BCUT2D eigenvalue weighted by Crippen LogP contribution is 2.28. The number of hydrogen-bond acceptors (Lipinski definition) is 3. The third kappa shape index (κ3) is 2.23. The maximum atomic E-state index is 5.86. The van der Waals surface area contributed by atoms with Gasteiger partial charge >= 0.3 is 0 Å². The third-order valence-corrected chi connectivity index (χ3v) is 3.70. The molecule has 3 rings (SSSR count). The third-order valence-electron chi connectivity index (χ3n) is 3.70. The molecule has 0 spiro atoms. The normalized spacial score (nSPS) is 16.5. The lowest BCUT2D eigenvalue weighted by Gasteiger charge is -2.09. The Hall–Kier alpha value is -1.48. The molecular formula is C15H19NO2. The monoisotopic (exact) mass is 245 g/mol. The van der Waals surface area contributed by atoms with E-state index in [1.165, 1.54) is 25.7 Å². The van der Waals surface area contributed by atoms with Gasteiger partial charge in [-0.2, -0.15) is 0 Å². The second-order valence-corrected chi connectivity index (χ2v) is 4.95. The highest BCUT2D eigenvalue weighted by molar-refractivity contribution is 5.83. The molecule has 3 nitrogen and oxygen atoms in total. The van der Waals surface area contributed by atoms with Crippen molar-refractivity contribution < 1.29 is 9.15 Å². The quantitative estimate of drug-likeness (QED) is 0.895. The minimum Gasteiger partial charge on any atom is -0.493 e. The van der Waals surface area contributed by atoms with Crippen LogP contribution in [0.1, 0.15) is 31.4 Å². The predicted molar refractivity (Wildman–Crippen MR) is 71.9 cm³/mol. The second kappa shape index (κ2) is 5.02. The minimum atomic E-state index is 0.667. The summed E-state index contributed by atoms with van der Waals surface area (Å²) >= 11 is 0. The van der Waals surface area contributed by atoms with E-state index in [-0.39, 0.29) is 0 Å². The highest BCUT2D eigenvalue weighted by atomic mass is 16.5. The van der Waals surface area contributed by atoms with Gasteiger partial charge in [-0.05, 0) is 25.0 Å². The number of fused-ring (bicyclic) bond motifs is 1.